The van der Waals surface area contributed by atoms with Gasteiger partial charge in [-0.2, -0.15) is 0 Å². The van der Waals surface area contributed by atoms with E-state index in [9.17, 15) is 4.79 Å². The number of esters is 1. The summed E-state index contributed by atoms with van der Waals surface area (Å²) < 4.78 is 10.2. The third-order valence-corrected chi connectivity index (χ3v) is 2.90. The molecule has 104 valence electrons. The molecule has 0 bridgehead atoms. The number of morpholine rings is 1. The number of methoxy groups -OCH3 is 1. The van der Waals surface area contributed by atoms with Crippen molar-refractivity contribution in [3.63, 3.8) is 0 Å². The fraction of sp³-hybridized carbons (Fsp3) is 0.583. The fourth-order valence-electron chi connectivity index (χ4n) is 1.84. The molecule has 0 aliphatic carbocycles. The molecule has 1 aliphatic heterocycles. The zero-order chi connectivity index (χ0) is 13.7. The van der Waals surface area contributed by atoms with Crippen LogP contribution in [0.3, 0.4) is 0 Å². The minimum absolute atomic E-state index is 0.140. The summed E-state index contributed by atoms with van der Waals surface area (Å²) in [4.78, 5) is 21.5. The van der Waals surface area contributed by atoms with Crippen LogP contribution < -0.4 is 5.32 Å². The summed E-state index contributed by atoms with van der Waals surface area (Å²) in [5, 5.41) is 3.14. The van der Waals surface area contributed by atoms with Crippen molar-refractivity contribution in [2.24, 2.45) is 0 Å². The molecule has 1 aromatic heterocycles. The lowest BCUT2D eigenvalue weighted by atomic mass is 10.3. The van der Waals surface area contributed by atoms with E-state index < -0.39 is 5.97 Å². The maximum Gasteiger partial charge on any atom is 0.358 e. The van der Waals surface area contributed by atoms with E-state index in [-0.39, 0.29) is 11.8 Å². The molecule has 1 N–H and O–H groups in total. The van der Waals surface area contributed by atoms with Gasteiger partial charge in [0.25, 0.3) is 0 Å². The van der Waals surface area contributed by atoms with Gasteiger partial charge in [0, 0.05) is 19.6 Å². The molecular formula is C12H18N4O3. The second-order valence-electron chi connectivity index (χ2n) is 4.41. The van der Waals surface area contributed by atoms with Crippen LogP contribution in [0.5, 0.6) is 0 Å². The van der Waals surface area contributed by atoms with E-state index >= 15 is 0 Å². The Morgan fingerprint density at radius 2 is 2.42 bits per heavy atom. The Hall–Kier alpha value is -1.73. The fourth-order valence-corrected chi connectivity index (χ4v) is 1.84. The van der Waals surface area contributed by atoms with Crippen molar-refractivity contribution in [2.75, 3.05) is 45.7 Å². The van der Waals surface area contributed by atoms with Crippen molar-refractivity contribution in [3.05, 3.63) is 18.1 Å². The maximum atomic E-state index is 11.2. The van der Waals surface area contributed by atoms with Crippen molar-refractivity contribution >= 4 is 11.8 Å². The number of carbonyl (C=O) groups is 1. The quantitative estimate of drug-likeness (QED) is 0.769. The highest BCUT2D eigenvalue weighted by Crippen LogP contribution is 2.06. The van der Waals surface area contributed by atoms with Crippen molar-refractivity contribution in [1.82, 2.24) is 14.9 Å². The molecule has 0 spiro atoms. The molecule has 7 nitrogen and oxygen atoms in total. The molecule has 1 fully saturated rings. The highest BCUT2D eigenvalue weighted by atomic mass is 16.5. The number of aromatic nitrogens is 2. The van der Waals surface area contributed by atoms with Crippen molar-refractivity contribution in [3.8, 4) is 0 Å². The normalized spacial score (nSPS) is 20.0. The van der Waals surface area contributed by atoms with E-state index in [1.165, 1.54) is 19.5 Å². The van der Waals surface area contributed by atoms with Gasteiger partial charge in [-0.05, 0) is 7.05 Å². The molecule has 0 saturated carbocycles. The summed E-state index contributed by atoms with van der Waals surface area (Å²) in [7, 11) is 3.38. The predicted octanol–water partition coefficient (Wildman–Crippen LogP) is 0.00570. The molecule has 7 heteroatoms. The van der Waals surface area contributed by atoms with Crippen molar-refractivity contribution < 1.29 is 14.3 Å². The van der Waals surface area contributed by atoms with E-state index in [0.29, 0.717) is 12.4 Å². The van der Waals surface area contributed by atoms with Gasteiger partial charge in [0.15, 0.2) is 5.69 Å². The Kier molecular flexibility index (Phi) is 4.64. The second-order valence-corrected chi connectivity index (χ2v) is 4.41. The summed E-state index contributed by atoms with van der Waals surface area (Å²) in [6.45, 7) is 3.26. The Morgan fingerprint density at radius 1 is 1.58 bits per heavy atom. The van der Waals surface area contributed by atoms with E-state index in [2.05, 4.69) is 32.0 Å². The number of likely N-dealkylation sites (N-methyl/N-ethyl adjacent to an activating group) is 1. The first-order valence-electron chi connectivity index (χ1n) is 6.13. The van der Waals surface area contributed by atoms with Crippen molar-refractivity contribution in [1.29, 1.82) is 0 Å². The van der Waals surface area contributed by atoms with Gasteiger partial charge in [0.05, 0.1) is 32.2 Å². The Bertz CT molecular complexity index is 423. The third-order valence-electron chi connectivity index (χ3n) is 2.90. The lowest BCUT2D eigenvalue weighted by Crippen LogP contribution is -2.43. The standard InChI is InChI=1S/C12H18N4O3/c1-16-3-4-19-9(8-16)5-14-11-7-13-10(6-15-11)12(17)18-2/h6-7,9H,3-5,8H2,1-2H3,(H,14,15). The Labute approximate surface area is 111 Å². The summed E-state index contributed by atoms with van der Waals surface area (Å²) >= 11 is 0. The summed E-state index contributed by atoms with van der Waals surface area (Å²) in [6, 6.07) is 0. The number of hydrogen-bond donors (Lipinski definition) is 1. The first-order valence-corrected chi connectivity index (χ1v) is 6.13. The number of hydrogen-bond acceptors (Lipinski definition) is 7. The molecule has 1 atom stereocenters. The van der Waals surface area contributed by atoms with Gasteiger partial charge < -0.3 is 19.7 Å². The van der Waals surface area contributed by atoms with Crippen LogP contribution in [0.1, 0.15) is 10.5 Å². The number of carbonyl (C=O) groups excluding carboxylic acids is 1. The summed E-state index contributed by atoms with van der Waals surface area (Å²) in [5.74, 6) is 0.126. The molecule has 2 rings (SSSR count). The van der Waals surface area contributed by atoms with Gasteiger partial charge in [-0.25, -0.2) is 14.8 Å². The average molecular weight is 266 g/mol. The zero-order valence-corrected chi connectivity index (χ0v) is 11.1. The van der Waals surface area contributed by atoms with Crippen LogP contribution in [0.15, 0.2) is 12.4 Å². The minimum Gasteiger partial charge on any atom is -0.464 e. The number of nitrogens with zero attached hydrogens (tertiary/aromatic N) is 3. The first-order chi connectivity index (χ1) is 9.19. The molecular weight excluding hydrogens is 248 g/mol. The molecule has 1 aliphatic rings. The molecule has 1 saturated heterocycles. The number of nitrogens with one attached hydrogen (secondary N) is 1. The topological polar surface area (TPSA) is 76.6 Å². The SMILES string of the molecule is COC(=O)c1cnc(NCC2CN(C)CCO2)cn1. The van der Waals surface area contributed by atoms with Gasteiger partial charge in [-0.1, -0.05) is 0 Å². The summed E-state index contributed by atoms with van der Waals surface area (Å²) in [5.41, 5.74) is 0.196. The van der Waals surface area contributed by atoms with Crippen LogP contribution >= 0.6 is 0 Å². The van der Waals surface area contributed by atoms with Gasteiger partial charge in [0.2, 0.25) is 0 Å². The van der Waals surface area contributed by atoms with Crippen LogP contribution in [0, 0.1) is 0 Å². The molecule has 2 heterocycles. The van der Waals surface area contributed by atoms with E-state index in [1.807, 2.05) is 0 Å². The van der Waals surface area contributed by atoms with Crippen LogP contribution in [0.2, 0.25) is 0 Å². The molecule has 0 aromatic carbocycles. The smallest absolute Gasteiger partial charge is 0.358 e. The first kappa shape index (κ1) is 13.7. The molecule has 0 radical (unpaired) electrons. The number of ether oxygens (including phenoxy) is 2. The van der Waals surface area contributed by atoms with Gasteiger partial charge in [0.1, 0.15) is 5.82 Å². The highest BCUT2D eigenvalue weighted by molar-refractivity contribution is 5.86. The number of rotatable bonds is 4. The van der Waals surface area contributed by atoms with Gasteiger partial charge in [-0.3, -0.25) is 0 Å². The summed E-state index contributed by atoms with van der Waals surface area (Å²) in [6.07, 6.45) is 3.04. The molecule has 1 aromatic rings. The maximum absolute atomic E-state index is 11.2. The second kappa shape index (κ2) is 6.44. The van der Waals surface area contributed by atoms with Gasteiger partial charge >= 0.3 is 5.97 Å². The highest BCUT2D eigenvalue weighted by Gasteiger charge is 2.17. The monoisotopic (exact) mass is 266 g/mol. The average Bonchev–Trinajstić information content (AvgIpc) is 2.45. The minimum atomic E-state index is -0.490. The molecule has 0 amide bonds. The van der Waals surface area contributed by atoms with Gasteiger partial charge in [-0.15, -0.1) is 0 Å². The van der Waals surface area contributed by atoms with E-state index in [0.717, 1.165) is 19.7 Å². The Morgan fingerprint density at radius 3 is 3.05 bits per heavy atom. The lowest BCUT2D eigenvalue weighted by Gasteiger charge is -2.30. The zero-order valence-electron chi connectivity index (χ0n) is 11.1. The largest absolute Gasteiger partial charge is 0.464 e. The molecule has 1 unspecified atom stereocenters. The number of anilines is 1. The van der Waals surface area contributed by atoms with Crippen LogP contribution in [0.4, 0.5) is 5.82 Å². The third kappa shape index (κ3) is 3.87. The lowest BCUT2D eigenvalue weighted by molar-refractivity contribution is -0.0117. The van der Waals surface area contributed by atoms with E-state index in [4.69, 9.17) is 4.74 Å². The predicted molar refractivity (Wildman–Crippen MR) is 69.1 cm³/mol. The van der Waals surface area contributed by atoms with Crippen LogP contribution in [0.25, 0.3) is 0 Å². The van der Waals surface area contributed by atoms with Crippen LogP contribution in [-0.4, -0.2) is 67.3 Å². The van der Waals surface area contributed by atoms with Crippen molar-refractivity contribution in [2.45, 2.75) is 6.10 Å². The Balaban J connectivity index is 1.84. The van der Waals surface area contributed by atoms with E-state index in [1.54, 1.807) is 0 Å². The molecule has 19 heavy (non-hydrogen) atoms. The van der Waals surface area contributed by atoms with Crippen LogP contribution in [-0.2, 0) is 9.47 Å².